The summed E-state index contributed by atoms with van der Waals surface area (Å²) in [4.78, 5) is 75.1. The summed E-state index contributed by atoms with van der Waals surface area (Å²) in [5.74, 6) is -2.27. The molecule has 0 aliphatic carbocycles. The smallest absolute Gasteiger partial charge is 0.326 e. The van der Waals surface area contributed by atoms with E-state index >= 15 is 0 Å². The van der Waals surface area contributed by atoms with Crippen LogP contribution in [-0.2, 0) is 35.1 Å². The Hall–Kier alpha value is -5.28. The predicted octanol–water partition coefficient (Wildman–Crippen LogP) is -1.13. The van der Waals surface area contributed by atoms with Gasteiger partial charge in [-0.25, -0.2) is 14.8 Å². The molecule has 3 amide bonds. The van der Waals surface area contributed by atoms with Gasteiger partial charge >= 0.3 is 5.97 Å². The van der Waals surface area contributed by atoms with Gasteiger partial charge < -0.3 is 57.4 Å². The zero-order valence-electron chi connectivity index (χ0n) is 30.2. The second-order valence-corrected chi connectivity index (χ2v) is 11.9. The molecule has 1 unspecified atom stereocenters. The van der Waals surface area contributed by atoms with Gasteiger partial charge in [-0.05, 0) is 43.5 Å². The van der Waals surface area contributed by atoms with Crippen molar-refractivity contribution in [2.45, 2.75) is 44.7 Å². The number of carboxylic acid groups (broad SMARTS) is 1. The number of nitrogens with two attached hydrogens (primary N) is 2. The minimum Gasteiger partial charge on any atom is -0.480 e. The number of carboxylic acids is 1. The van der Waals surface area contributed by atoms with E-state index in [9.17, 15) is 29.1 Å². The van der Waals surface area contributed by atoms with Crippen molar-refractivity contribution in [3.8, 4) is 0 Å². The third kappa shape index (κ3) is 17.0. The Morgan fingerprint density at radius 2 is 1.46 bits per heavy atom. The molecule has 20 heteroatoms. The number of anilines is 2. The van der Waals surface area contributed by atoms with Crippen LogP contribution < -0.4 is 43.6 Å². The number of amides is 3. The Bertz CT molecular complexity index is 1680. The molecule has 0 saturated carbocycles. The molecule has 0 fully saturated rings. The molecule has 20 nitrogen and oxygen atoms in total. The summed E-state index contributed by atoms with van der Waals surface area (Å²) < 4.78 is 16.4. The summed E-state index contributed by atoms with van der Waals surface area (Å²) in [6.07, 6.45) is 2.94. The van der Waals surface area contributed by atoms with Gasteiger partial charge in [0.25, 0.3) is 11.5 Å². The Balaban J connectivity index is 1.19. The number of rotatable bonds is 28. The number of benzene rings is 1. The van der Waals surface area contributed by atoms with Crippen LogP contribution in [0.3, 0.4) is 0 Å². The third-order valence-corrected chi connectivity index (χ3v) is 7.54. The summed E-state index contributed by atoms with van der Waals surface area (Å²) in [6, 6.07) is 5.07. The Kier molecular flexibility index (Phi) is 19.9. The van der Waals surface area contributed by atoms with Crippen molar-refractivity contribution in [2.75, 3.05) is 83.4 Å². The van der Waals surface area contributed by atoms with Gasteiger partial charge in [-0.1, -0.05) is 0 Å². The normalized spacial score (nSPS) is 11.6. The van der Waals surface area contributed by atoms with E-state index in [1.54, 1.807) is 12.1 Å². The van der Waals surface area contributed by atoms with Crippen molar-refractivity contribution in [3.63, 3.8) is 0 Å². The molecule has 3 aromatic rings. The highest BCUT2D eigenvalue weighted by atomic mass is 16.5. The lowest BCUT2D eigenvalue weighted by Crippen LogP contribution is -2.41. The van der Waals surface area contributed by atoms with Gasteiger partial charge in [-0.3, -0.25) is 24.2 Å². The van der Waals surface area contributed by atoms with Crippen LogP contribution in [0.15, 0.2) is 35.3 Å². The number of ether oxygens (including phenoxy) is 3. The van der Waals surface area contributed by atoms with E-state index in [4.69, 9.17) is 25.7 Å². The maximum atomic E-state index is 12.7. The van der Waals surface area contributed by atoms with Crippen LogP contribution in [0.5, 0.6) is 0 Å². The molecule has 2 heterocycles. The van der Waals surface area contributed by atoms with Gasteiger partial charge in [0.15, 0.2) is 11.2 Å². The molecule has 296 valence electrons. The summed E-state index contributed by atoms with van der Waals surface area (Å²) in [5, 5.41) is 23.8. The predicted molar refractivity (Wildman–Crippen MR) is 199 cm³/mol. The maximum absolute atomic E-state index is 12.7. The van der Waals surface area contributed by atoms with Crippen molar-refractivity contribution in [3.05, 3.63) is 52.1 Å². The van der Waals surface area contributed by atoms with Crippen molar-refractivity contribution in [1.82, 2.24) is 41.2 Å². The van der Waals surface area contributed by atoms with Crippen LogP contribution in [0.4, 0.5) is 11.6 Å². The number of hydrogen-bond donors (Lipinski definition) is 9. The maximum Gasteiger partial charge on any atom is 0.326 e. The highest BCUT2D eigenvalue weighted by molar-refractivity contribution is 5.97. The topological polar surface area (TPSA) is 300 Å². The molecule has 1 atom stereocenters. The fraction of sp³-hybridized carbons (Fsp3) is 0.529. The molecule has 3 rings (SSSR count). The van der Waals surface area contributed by atoms with Crippen LogP contribution in [0, 0.1) is 0 Å². The number of carbonyl (C=O) groups is 4. The van der Waals surface area contributed by atoms with Crippen molar-refractivity contribution >= 4 is 46.5 Å². The highest BCUT2D eigenvalue weighted by Crippen LogP contribution is 2.12. The molecule has 11 N–H and O–H groups in total. The van der Waals surface area contributed by atoms with Gasteiger partial charge in [0.2, 0.25) is 17.8 Å². The van der Waals surface area contributed by atoms with Crippen molar-refractivity contribution in [1.29, 1.82) is 0 Å². The van der Waals surface area contributed by atoms with Gasteiger partial charge in [0.1, 0.15) is 6.04 Å². The largest absolute Gasteiger partial charge is 0.480 e. The SMILES string of the molecule is NCCNCCC(=O)NCCCOCCOCCOCCCNC(=O)CCC(NC(=O)c1ccc(NCc2cnc3c(=O)[nH]c(N)nc3n2)cc1)C(=O)O. The lowest BCUT2D eigenvalue weighted by atomic mass is 10.1. The third-order valence-electron chi connectivity index (χ3n) is 7.54. The van der Waals surface area contributed by atoms with Crippen molar-refractivity contribution in [2.24, 2.45) is 5.73 Å². The van der Waals surface area contributed by atoms with E-state index in [2.05, 4.69) is 46.5 Å². The number of H-pyrrole nitrogens is 1. The molecule has 0 radical (unpaired) electrons. The number of hydrogen-bond acceptors (Lipinski definition) is 15. The van der Waals surface area contributed by atoms with E-state index in [0.29, 0.717) is 103 Å². The number of aromatic amines is 1. The van der Waals surface area contributed by atoms with Gasteiger partial charge in [-0.2, -0.15) is 4.98 Å². The first kappa shape index (κ1) is 43.1. The standard InChI is InChI=1S/C34H51N11O9/c35-10-14-37-13-9-28(47)39-12-2-16-53-18-20-54-19-17-52-15-1-11-38-27(46)8-7-26(33(50)51)43-31(48)23-3-5-24(6-4-23)40-21-25-22-41-29-30(42-25)44-34(36)45-32(29)49/h3-6,22,26,37,40H,1-2,7-21,35H2,(H,38,46)(H,39,47)(H,43,48)(H,50,51)(H3,36,42,44,45,49). The molecule has 0 bridgehead atoms. The lowest BCUT2D eigenvalue weighted by molar-refractivity contribution is -0.139. The summed E-state index contributed by atoms with van der Waals surface area (Å²) in [5.41, 5.74) is 12.0. The Labute approximate surface area is 311 Å². The van der Waals surface area contributed by atoms with Crippen molar-refractivity contribution < 1.29 is 38.5 Å². The van der Waals surface area contributed by atoms with Crippen LogP contribution in [0.2, 0.25) is 0 Å². The minimum absolute atomic E-state index is 0.00718. The molecule has 0 spiro atoms. The minimum atomic E-state index is -1.26. The van der Waals surface area contributed by atoms with Gasteiger partial charge in [0.05, 0.1) is 44.9 Å². The fourth-order valence-corrected chi connectivity index (χ4v) is 4.71. The van der Waals surface area contributed by atoms with Crippen LogP contribution in [0.25, 0.3) is 11.2 Å². The lowest BCUT2D eigenvalue weighted by Gasteiger charge is -2.15. The fourth-order valence-electron chi connectivity index (χ4n) is 4.71. The average Bonchev–Trinajstić information content (AvgIpc) is 3.15. The highest BCUT2D eigenvalue weighted by Gasteiger charge is 2.22. The number of nitrogens with zero attached hydrogens (tertiary/aromatic N) is 3. The number of nitrogen functional groups attached to an aromatic ring is 1. The molecule has 54 heavy (non-hydrogen) atoms. The Morgan fingerprint density at radius 1 is 0.833 bits per heavy atom. The number of nitrogens with one attached hydrogen (secondary N) is 6. The van der Waals surface area contributed by atoms with E-state index in [1.165, 1.54) is 18.3 Å². The number of carbonyl (C=O) groups excluding carboxylic acids is 3. The summed E-state index contributed by atoms with van der Waals surface area (Å²) in [6.45, 7) is 5.56. The van der Waals surface area contributed by atoms with E-state index in [1.807, 2.05) is 0 Å². The summed E-state index contributed by atoms with van der Waals surface area (Å²) >= 11 is 0. The van der Waals surface area contributed by atoms with E-state index in [0.717, 1.165) is 0 Å². The first-order chi connectivity index (χ1) is 26.2. The number of aromatic nitrogens is 4. The van der Waals surface area contributed by atoms with Crippen LogP contribution in [0.1, 0.15) is 48.2 Å². The average molecular weight is 758 g/mol. The quantitative estimate of drug-likeness (QED) is 0.0396. The van der Waals surface area contributed by atoms with Crippen LogP contribution in [-0.4, -0.2) is 127 Å². The number of fused-ring (bicyclic) bond motifs is 1. The van der Waals surface area contributed by atoms with E-state index in [-0.39, 0.29) is 53.9 Å². The first-order valence-electron chi connectivity index (χ1n) is 17.7. The first-order valence-corrected chi connectivity index (χ1v) is 17.7. The molecule has 0 aliphatic rings. The Morgan fingerprint density at radius 3 is 2.09 bits per heavy atom. The molecule has 0 saturated heterocycles. The second kappa shape index (κ2) is 24.9. The molecule has 0 aliphatic heterocycles. The number of aliphatic carboxylic acids is 1. The van der Waals surface area contributed by atoms with E-state index < -0.39 is 23.5 Å². The van der Waals surface area contributed by atoms with Crippen LogP contribution >= 0.6 is 0 Å². The van der Waals surface area contributed by atoms with Gasteiger partial charge in [0, 0.05) is 70.0 Å². The molecular weight excluding hydrogens is 706 g/mol. The zero-order valence-corrected chi connectivity index (χ0v) is 30.2. The van der Waals surface area contributed by atoms with Gasteiger partial charge in [-0.15, -0.1) is 0 Å². The molecular formula is C34H51N11O9. The molecule has 2 aromatic heterocycles. The second-order valence-electron chi connectivity index (χ2n) is 11.9. The monoisotopic (exact) mass is 757 g/mol. The summed E-state index contributed by atoms with van der Waals surface area (Å²) in [7, 11) is 0. The molecule has 1 aromatic carbocycles. The zero-order chi connectivity index (χ0) is 39.0.